The van der Waals surface area contributed by atoms with Gasteiger partial charge >= 0.3 is 0 Å². The summed E-state index contributed by atoms with van der Waals surface area (Å²) in [6.45, 7) is 0. The number of thiophene rings is 1. The van der Waals surface area contributed by atoms with E-state index in [0.717, 1.165) is 72.5 Å². The second-order valence-electron chi connectivity index (χ2n) is 18.0. The molecule has 4 heteroatoms. The lowest BCUT2D eigenvalue weighted by Crippen LogP contribution is -2.10. The average Bonchev–Trinajstić information content (AvgIpc) is 4.11. The molecule has 0 spiro atoms. The molecule has 3 nitrogen and oxygen atoms in total. The van der Waals surface area contributed by atoms with Crippen molar-refractivity contribution in [2.45, 2.75) is 0 Å². The van der Waals surface area contributed by atoms with Crippen LogP contribution in [-0.4, -0.2) is 4.57 Å². The van der Waals surface area contributed by atoms with Crippen LogP contribution in [0.5, 0.6) is 0 Å². The van der Waals surface area contributed by atoms with Gasteiger partial charge < -0.3 is 13.9 Å². The van der Waals surface area contributed by atoms with Crippen molar-refractivity contribution in [2.24, 2.45) is 0 Å². The average molecular weight is 911 g/mol. The molecule has 0 saturated carbocycles. The Bertz CT molecular complexity index is 4290. The van der Waals surface area contributed by atoms with E-state index >= 15 is 0 Å². The SMILES string of the molecule is c1ccc(-n2c3ccccc3c3ccc(-c4ccc(N(c5ccc(-c6cccc(-c7cccc8c7oc7ccccc78)c6)cc5)c5cccc(-c6cccc7c6sc6ccccc67)c5)cc4)cc32)cc1. The van der Waals surface area contributed by atoms with Crippen molar-refractivity contribution >= 4 is 92.3 Å². The van der Waals surface area contributed by atoms with Crippen LogP contribution in [0, 0.1) is 0 Å². The van der Waals surface area contributed by atoms with Gasteiger partial charge in [0, 0.05) is 70.0 Å². The molecule has 3 aromatic heterocycles. The van der Waals surface area contributed by atoms with Gasteiger partial charge in [-0.15, -0.1) is 11.3 Å². The van der Waals surface area contributed by atoms with E-state index in [9.17, 15) is 0 Å². The van der Waals surface area contributed by atoms with Gasteiger partial charge in [0.2, 0.25) is 0 Å². The highest BCUT2D eigenvalue weighted by Crippen LogP contribution is 2.44. The van der Waals surface area contributed by atoms with Crippen molar-refractivity contribution in [1.29, 1.82) is 0 Å². The molecule has 0 radical (unpaired) electrons. The molecule has 3 heterocycles. The summed E-state index contributed by atoms with van der Waals surface area (Å²) < 4.78 is 11.5. The Morgan fingerprint density at radius 2 is 0.900 bits per heavy atom. The Kier molecular flexibility index (Phi) is 9.39. The van der Waals surface area contributed by atoms with Gasteiger partial charge in [-0.1, -0.05) is 176 Å². The molecule has 11 aromatic carbocycles. The number of nitrogens with zero attached hydrogens (tertiary/aromatic N) is 2. The highest BCUT2D eigenvalue weighted by Gasteiger charge is 2.19. The van der Waals surface area contributed by atoms with Gasteiger partial charge in [-0.2, -0.15) is 0 Å². The van der Waals surface area contributed by atoms with E-state index in [4.69, 9.17) is 4.42 Å². The molecular weight excluding hydrogens is 869 g/mol. The van der Waals surface area contributed by atoms with Gasteiger partial charge in [0.15, 0.2) is 0 Å². The predicted molar refractivity (Wildman–Crippen MR) is 297 cm³/mol. The Balaban J connectivity index is 0.864. The maximum Gasteiger partial charge on any atom is 0.143 e. The Hall–Kier alpha value is -8.96. The monoisotopic (exact) mass is 910 g/mol. The van der Waals surface area contributed by atoms with E-state index in [1.807, 2.05) is 23.5 Å². The van der Waals surface area contributed by atoms with Crippen LogP contribution >= 0.6 is 11.3 Å². The van der Waals surface area contributed by atoms with Crippen molar-refractivity contribution in [2.75, 3.05) is 4.90 Å². The second-order valence-corrected chi connectivity index (χ2v) is 19.1. The zero-order valence-corrected chi connectivity index (χ0v) is 38.8. The first kappa shape index (κ1) is 40.1. The zero-order valence-electron chi connectivity index (χ0n) is 38.0. The third-order valence-electron chi connectivity index (χ3n) is 14.0. The van der Waals surface area contributed by atoms with Crippen LogP contribution in [0.4, 0.5) is 17.1 Å². The van der Waals surface area contributed by atoms with Gasteiger partial charge in [0.25, 0.3) is 0 Å². The summed E-state index contributed by atoms with van der Waals surface area (Å²) in [7, 11) is 0. The fraction of sp³-hybridized carbons (Fsp3) is 0. The van der Waals surface area contributed by atoms with Crippen molar-refractivity contribution in [3.63, 3.8) is 0 Å². The predicted octanol–water partition coefficient (Wildman–Crippen LogP) is 19.2. The van der Waals surface area contributed by atoms with Crippen molar-refractivity contribution in [1.82, 2.24) is 4.57 Å². The molecule has 0 aliphatic rings. The lowest BCUT2D eigenvalue weighted by molar-refractivity contribution is 0.670. The minimum absolute atomic E-state index is 0.906. The zero-order chi connectivity index (χ0) is 46.1. The molecule has 0 atom stereocenters. The Labute approximate surface area is 409 Å². The summed E-state index contributed by atoms with van der Waals surface area (Å²) in [4.78, 5) is 2.39. The number of furan rings is 1. The number of hydrogen-bond acceptors (Lipinski definition) is 3. The van der Waals surface area contributed by atoms with Crippen LogP contribution < -0.4 is 4.90 Å². The number of rotatable bonds is 8. The molecule has 328 valence electrons. The van der Waals surface area contributed by atoms with E-state index in [1.54, 1.807) is 0 Å². The highest BCUT2D eigenvalue weighted by molar-refractivity contribution is 7.26. The van der Waals surface area contributed by atoms with Gasteiger partial charge in [-0.05, 0) is 118 Å². The fourth-order valence-electron chi connectivity index (χ4n) is 10.7. The first-order valence-corrected chi connectivity index (χ1v) is 24.6. The van der Waals surface area contributed by atoms with Crippen LogP contribution in [0.1, 0.15) is 0 Å². The molecule has 0 amide bonds. The minimum atomic E-state index is 0.906. The van der Waals surface area contributed by atoms with E-state index in [2.05, 4.69) is 252 Å². The molecule has 0 aliphatic carbocycles. The van der Waals surface area contributed by atoms with Crippen molar-refractivity contribution in [3.05, 3.63) is 255 Å². The lowest BCUT2D eigenvalue weighted by Gasteiger charge is -2.26. The number of anilines is 3. The standard InChI is InChI=1S/C66H42N2OS/c1-2-17-49(18-3-1)68-61-27-7-4-20-55(61)56-39-34-46(42-62(56)68)44-32-37-51(38-33-44)67(52-19-11-16-48(41-52)54-24-13-26-60-58-22-6-9-29-64(58)70-66(54)60)50-35-30-43(31-36-50)45-14-10-15-47(40-45)53-23-12-25-59-57-21-5-8-28-63(57)69-65(53)59/h1-42H. The van der Waals surface area contributed by atoms with Gasteiger partial charge in [-0.3, -0.25) is 0 Å². The summed E-state index contributed by atoms with van der Waals surface area (Å²) in [5.74, 6) is 0. The van der Waals surface area contributed by atoms with Crippen LogP contribution in [-0.2, 0) is 0 Å². The first-order valence-electron chi connectivity index (χ1n) is 23.8. The van der Waals surface area contributed by atoms with E-state index in [1.165, 1.54) is 58.7 Å². The maximum atomic E-state index is 6.46. The topological polar surface area (TPSA) is 21.3 Å². The fourth-order valence-corrected chi connectivity index (χ4v) is 11.9. The number of benzene rings is 11. The summed E-state index contributed by atoms with van der Waals surface area (Å²) >= 11 is 1.87. The van der Waals surface area contributed by atoms with E-state index in [-0.39, 0.29) is 0 Å². The molecule has 0 unspecified atom stereocenters. The minimum Gasteiger partial charge on any atom is -0.455 e. The number of para-hydroxylation sites is 4. The van der Waals surface area contributed by atoms with Crippen LogP contribution in [0.3, 0.4) is 0 Å². The molecule has 0 N–H and O–H groups in total. The van der Waals surface area contributed by atoms with E-state index < -0.39 is 0 Å². The second kappa shape index (κ2) is 16.4. The third-order valence-corrected chi connectivity index (χ3v) is 15.2. The van der Waals surface area contributed by atoms with Gasteiger partial charge in [0.1, 0.15) is 11.2 Å². The quantitative estimate of drug-likeness (QED) is 0.151. The summed E-state index contributed by atoms with van der Waals surface area (Å²) in [6.07, 6.45) is 0. The number of fused-ring (bicyclic) bond motifs is 9. The molecule has 70 heavy (non-hydrogen) atoms. The number of aromatic nitrogens is 1. The summed E-state index contributed by atoms with van der Waals surface area (Å²) in [5, 5.41) is 7.37. The molecule has 0 fully saturated rings. The molecular formula is C66H42N2OS. The van der Waals surface area contributed by atoms with Crippen LogP contribution in [0.25, 0.3) is 114 Å². The first-order chi connectivity index (χ1) is 34.7. The highest BCUT2D eigenvalue weighted by atomic mass is 32.1. The smallest absolute Gasteiger partial charge is 0.143 e. The normalized spacial score (nSPS) is 11.7. The largest absolute Gasteiger partial charge is 0.455 e. The molecule has 0 aliphatic heterocycles. The molecule has 0 bridgehead atoms. The van der Waals surface area contributed by atoms with Gasteiger partial charge in [-0.25, -0.2) is 0 Å². The Morgan fingerprint density at radius 1 is 0.329 bits per heavy atom. The summed E-state index contributed by atoms with van der Waals surface area (Å²) in [5.41, 5.74) is 17.9. The molecule has 14 rings (SSSR count). The molecule has 14 aromatic rings. The lowest BCUT2D eigenvalue weighted by atomic mass is 9.97. The van der Waals surface area contributed by atoms with Crippen molar-refractivity contribution < 1.29 is 4.42 Å². The molecule has 0 saturated heterocycles. The van der Waals surface area contributed by atoms with Crippen LogP contribution in [0.2, 0.25) is 0 Å². The maximum absolute atomic E-state index is 6.46. The summed E-state index contributed by atoms with van der Waals surface area (Å²) in [6, 6.07) is 92.4. The van der Waals surface area contributed by atoms with Crippen LogP contribution in [0.15, 0.2) is 259 Å². The number of hydrogen-bond donors (Lipinski definition) is 0. The third kappa shape index (κ3) is 6.64. The Morgan fingerprint density at radius 3 is 1.70 bits per heavy atom. The van der Waals surface area contributed by atoms with E-state index in [0.29, 0.717) is 0 Å². The van der Waals surface area contributed by atoms with Crippen molar-refractivity contribution in [3.8, 4) is 50.2 Å². The van der Waals surface area contributed by atoms with Gasteiger partial charge in [0.05, 0.1) is 11.0 Å².